The number of carbonyl (C=O) groups is 3. The Kier molecular flexibility index (Phi) is 9.16. The normalized spacial score (nSPS) is 20.3. The molecular weight excluding hydrogens is 467 g/mol. The van der Waals surface area contributed by atoms with Gasteiger partial charge in [0.1, 0.15) is 29.4 Å². The molecule has 1 fully saturated rings. The minimum absolute atomic E-state index is 0. The lowest BCUT2D eigenvalue weighted by Gasteiger charge is -2.48. The predicted molar refractivity (Wildman–Crippen MR) is 113 cm³/mol. The highest BCUT2D eigenvalue weighted by Gasteiger charge is 2.53. The number of carboxylic acids is 1. The molecule has 1 unspecified atom stereocenters. The number of aromatic nitrogens is 1. The first-order valence-electron chi connectivity index (χ1n) is 7.74. The molecule has 0 saturated carbocycles. The number of oxime groups is 1. The van der Waals surface area contributed by atoms with Gasteiger partial charge in [0, 0.05) is 17.7 Å². The molecule has 11 nitrogen and oxygen atoms in total. The van der Waals surface area contributed by atoms with E-state index in [0.717, 1.165) is 16.2 Å². The van der Waals surface area contributed by atoms with E-state index in [9.17, 15) is 19.5 Å². The maximum Gasteiger partial charge on any atom is 0.352 e. The number of rotatable bonds is 7. The van der Waals surface area contributed by atoms with E-state index in [0.29, 0.717) is 5.75 Å². The van der Waals surface area contributed by atoms with Crippen LogP contribution in [0.3, 0.4) is 0 Å². The summed E-state index contributed by atoms with van der Waals surface area (Å²) in [5.74, 6) is -1.95. The highest BCUT2D eigenvalue weighted by atomic mass is 35.5. The quantitative estimate of drug-likeness (QED) is 0.174. The Morgan fingerprint density at radius 1 is 1.45 bits per heavy atom. The molecule has 1 aromatic rings. The lowest BCUT2D eigenvalue weighted by molar-refractivity contribution is -0.150. The number of thioether (sulfide) groups is 1. The van der Waals surface area contributed by atoms with E-state index < -0.39 is 29.2 Å². The van der Waals surface area contributed by atoms with Crippen LogP contribution in [0.5, 0.6) is 0 Å². The molecule has 2 atom stereocenters. The van der Waals surface area contributed by atoms with Crippen molar-refractivity contribution < 1.29 is 24.3 Å². The second-order valence-electron chi connectivity index (χ2n) is 5.41. The average Bonchev–Trinajstić information content (AvgIpc) is 3.08. The number of fused-ring (bicyclic) bond motifs is 1. The fourth-order valence-electron chi connectivity index (χ4n) is 2.51. The Morgan fingerprint density at radius 3 is 2.76 bits per heavy atom. The number of carbonyl (C=O) groups excluding carboxylic acids is 2. The summed E-state index contributed by atoms with van der Waals surface area (Å²) in [6, 6.07) is -0.874. The molecule has 0 aliphatic carbocycles. The van der Waals surface area contributed by atoms with Gasteiger partial charge >= 0.3 is 5.97 Å². The summed E-state index contributed by atoms with van der Waals surface area (Å²) in [5, 5.41) is 16.8. The number of nitrogen functional groups attached to an aromatic ring is 1. The van der Waals surface area contributed by atoms with Gasteiger partial charge in [-0.15, -0.1) is 47.9 Å². The number of hydrogen-bond donors (Lipinski definition) is 4. The Hall–Kier alpha value is -2.06. The predicted octanol–water partition coefficient (Wildman–Crippen LogP) is -0.383. The molecular formula is C14H18Cl2N6O5S2. The van der Waals surface area contributed by atoms with Crippen LogP contribution in [0.25, 0.3) is 0 Å². The zero-order chi connectivity index (χ0) is 19.6. The van der Waals surface area contributed by atoms with Gasteiger partial charge in [-0.2, -0.15) is 0 Å². The van der Waals surface area contributed by atoms with Crippen molar-refractivity contribution >= 4 is 76.5 Å². The number of β-lactam (4-membered cyclic amide) rings is 1. The number of hydrogen-bond acceptors (Lipinski definition) is 10. The van der Waals surface area contributed by atoms with Crippen molar-refractivity contribution in [3.8, 4) is 0 Å². The van der Waals surface area contributed by atoms with Gasteiger partial charge < -0.3 is 26.7 Å². The first-order valence-corrected chi connectivity index (χ1v) is 9.67. The number of aliphatic carboxylic acids is 1. The van der Waals surface area contributed by atoms with Gasteiger partial charge in [0.15, 0.2) is 10.8 Å². The number of nitrogens with zero attached hydrogens (tertiary/aromatic N) is 3. The highest BCUT2D eigenvalue weighted by Crippen LogP contribution is 2.37. The summed E-state index contributed by atoms with van der Waals surface area (Å²) in [7, 11) is 0. The van der Waals surface area contributed by atoms with Crippen LogP contribution in [-0.4, -0.2) is 68.8 Å². The molecule has 2 aliphatic rings. The molecule has 0 aromatic carbocycles. The third-order valence-corrected chi connectivity index (χ3v) is 5.55. The highest BCUT2D eigenvalue weighted by molar-refractivity contribution is 8.00. The first kappa shape index (κ1) is 25.0. The topological polar surface area (TPSA) is 173 Å². The van der Waals surface area contributed by atoms with Crippen LogP contribution in [-0.2, 0) is 19.2 Å². The SMILES string of the molecule is Cl.Cl.NCCON=C(C(=O)NC1C(=O)N2C(C(=O)O)=CCS[C@H]12)c1csc(N)n1. The van der Waals surface area contributed by atoms with Crippen molar-refractivity contribution in [3.05, 3.63) is 22.8 Å². The van der Waals surface area contributed by atoms with Gasteiger partial charge in [-0.1, -0.05) is 5.16 Å². The lowest BCUT2D eigenvalue weighted by Crippen LogP contribution is -2.70. The van der Waals surface area contributed by atoms with Crippen molar-refractivity contribution in [1.82, 2.24) is 15.2 Å². The molecule has 0 spiro atoms. The summed E-state index contributed by atoms with van der Waals surface area (Å²) in [6.45, 7) is 0.300. The molecule has 2 amide bonds. The summed E-state index contributed by atoms with van der Waals surface area (Å²) in [5.41, 5.74) is 10.9. The molecule has 2 aliphatic heterocycles. The average molecular weight is 485 g/mol. The maximum atomic E-state index is 12.6. The molecule has 1 aromatic heterocycles. The zero-order valence-electron chi connectivity index (χ0n) is 14.6. The first-order chi connectivity index (χ1) is 12.9. The Morgan fingerprint density at radius 2 is 2.17 bits per heavy atom. The lowest BCUT2D eigenvalue weighted by atomic mass is 10.0. The van der Waals surface area contributed by atoms with Gasteiger partial charge in [-0.3, -0.25) is 14.5 Å². The van der Waals surface area contributed by atoms with Crippen LogP contribution in [0.2, 0.25) is 0 Å². The van der Waals surface area contributed by atoms with Gasteiger partial charge in [0.2, 0.25) is 0 Å². The Labute approximate surface area is 185 Å². The summed E-state index contributed by atoms with van der Waals surface area (Å²) in [4.78, 5) is 46.4. The molecule has 160 valence electrons. The number of nitrogens with two attached hydrogens (primary N) is 2. The van der Waals surface area contributed by atoms with Gasteiger partial charge in [-0.25, -0.2) is 9.78 Å². The Balaban J connectivity index is 0.00000210. The maximum absolute atomic E-state index is 12.6. The number of nitrogens with one attached hydrogen (secondary N) is 1. The summed E-state index contributed by atoms with van der Waals surface area (Å²) in [6.07, 6.45) is 1.46. The fraction of sp³-hybridized carbons (Fsp3) is 0.357. The number of halogens is 2. The van der Waals surface area contributed by atoms with Crippen LogP contribution in [0, 0.1) is 0 Å². The van der Waals surface area contributed by atoms with Crippen LogP contribution in [0.1, 0.15) is 5.69 Å². The molecule has 3 rings (SSSR count). The van der Waals surface area contributed by atoms with Crippen LogP contribution < -0.4 is 16.8 Å². The number of amides is 2. The van der Waals surface area contributed by atoms with Crippen LogP contribution in [0.15, 0.2) is 22.3 Å². The van der Waals surface area contributed by atoms with E-state index >= 15 is 0 Å². The standard InChI is InChI=1S/C14H16N6O5S2.2ClH/c15-2-3-25-19-8(6-5-27-14(16)17-6)10(21)18-9-11(22)20-7(13(23)24)1-4-26-12(9)20;;/h1,5,9,12H,2-4,15H2,(H2,16,17)(H,18,21)(H,23,24);2*1H/t9?,12-;;/m1../s1. The van der Waals surface area contributed by atoms with Gasteiger partial charge in [0.05, 0.1) is 0 Å². The molecule has 3 heterocycles. The summed E-state index contributed by atoms with van der Waals surface area (Å²) >= 11 is 2.47. The number of anilines is 1. The zero-order valence-corrected chi connectivity index (χ0v) is 17.9. The fourth-order valence-corrected chi connectivity index (χ4v) is 4.25. The van der Waals surface area contributed by atoms with Crippen molar-refractivity contribution in [2.75, 3.05) is 24.6 Å². The Bertz CT molecular complexity index is 848. The second-order valence-corrected chi connectivity index (χ2v) is 7.45. The molecule has 15 heteroatoms. The van der Waals surface area contributed by atoms with E-state index in [1.807, 2.05) is 0 Å². The van der Waals surface area contributed by atoms with E-state index in [1.165, 1.54) is 23.2 Å². The van der Waals surface area contributed by atoms with Crippen LogP contribution in [0.4, 0.5) is 5.13 Å². The van der Waals surface area contributed by atoms with Gasteiger partial charge in [-0.05, 0) is 6.08 Å². The largest absolute Gasteiger partial charge is 0.477 e. The molecule has 1 saturated heterocycles. The minimum Gasteiger partial charge on any atom is -0.477 e. The molecule has 6 N–H and O–H groups in total. The summed E-state index contributed by atoms with van der Waals surface area (Å²) < 4.78 is 0. The molecule has 0 bridgehead atoms. The van der Waals surface area contributed by atoms with Crippen LogP contribution >= 0.6 is 47.9 Å². The third-order valence-electron chi connectivity index (χ3n) is 3.70. The van der Waals surface area contributed by atoms with Crippen molar-refractivity contribution in [2.24, 2.45) is 10.9 Å². The van der Waals surface area contributed by atoms with Crippen molar-refractivity contribution in [2.45, 2.75) is 11.4 Å². The molecule has 0 radical (unpaired) electrons. The van der Waals surface area contributed by atoms with E-state index in [2.05, 4.69) is 15.5 Å². The van der Waals surface area contributed by atoms with Crippen molar-refractivity contribution in [1.29, 1.82) is 0 Å². The monoisotopic (exact) mass is 484 g/mol. The second kappa shape index (κ2) is 10.6. The number of carboxylic acid groups (broad SMARTS) is 1. The molecule has 29 heavy (non-hydrogen) atoms. The van der Waals surface area contributed by atoms with E-state index in [4.69, 9.17) is 16.3 Å². The minimum atomic E-state index is -1.19. The smallest absolute Gasteiger partial charge is 0.352 e. The van der Waals surface area contributed by atoms with Crippen molar-refractivity contribution in [3.63, 3.8) is 0 Å². The van der Waals surface area contributed by atoms with E-state index in [1.54, 1.807) is 0 Å². The number of thiazole rings is 1. The third kappa shape index (κ3) is 5.11. The van der Waals surface area contributed by atoms with E-state index in [-0.39, 0.29) is 60.2 Å². The van der Waals surface area contributed by atoms with Gasteiger partial charge in [0.25, 0.3) is 11.8 Å².